The van der Waals surface area contributed by atoms with Gasteiger partial charge in [-0.25, -0.2) is 0 Å². The molecule has 0 saturated carbocycles. The number of benzene rings is 1. The second kappa shape index (κ2) is 10.4. The number of ketones is 1. The standard InChI is InChI=1S/C19H24N2O7S/c20-12(7-9-15(22)23)16(24)17-21(14(10-29-17)19(27)28)13(18(25)26)8-6-11-4-2-1-3-5-11/h1-5,12-14,17H,6-10,20H2,(H,22,23)(H,25,26)(H,27,28)/t12-,13?,14?,17?/m0/s1. The van der Waals surface area contributed by atoms with E-state index in [1.165, 1.54) is 4.90 Å². The van der Waals surface area contributed by atoms with Crippen LogP contribution < -0.4 is 5.73 Å². The van der Waals surface area contributed by atoms with Crippen molar-refractivity contribution in [2.45, 2.75) is 49.2 Å². The molecule has 1 aliphatic heterocycles. The molecular formula is C19H24N2O7S. The van der Waals surface area contributed by atoms with Gasteiger partial charge in [-0.15, -0.1) is 11.8 Å². The fourth-order valence-corrected chi connectivity index (χ4v) is 4.76. The molecule has 2 rings (SSSR count). The zero-order valence-electron chi connectivity index (χ0n) is 15.6. The van der Waals surface area contributed by atoms with E-state index >= 15 is 0 Å². The van der Waals surface area contributed by atoms with E-state index in [0.717, 1.165) is 17.3 Å². The van der Waals surface area contributed by atoms with Crippen molar-refractivity contribution in [2.75, 3.05) is 5.75 Å². The Hall–Kier alpha value is -2.43. The van der Waals surface area contributed by atoms with Gasteiger partial charge < -0.3 is 21.1 Å². The van der Waals surface area contributed by atoms with Crippen LogP contribution in [0.4, 0.5) is 0 Å². The second-order valence-electron chi connectivity index (χ2n) is 6.81. The van der Waals surface area contributed by atoms with E-state index < -0.39 is 47.2 Å². The van der Waals surface area contributed by atoms with Gasteiger partial charge in [-0.3, -0.25) is 24.1 Å². The van der Waals surface area contributed by atoms with Crippen LogP contribution in [0.3, 0.4) is 0 Å². The van der Waals surface area contributed by atoms with Crippen molar-refractivity contribution in [3.8, 4) is 0 Å². The Morgan fingerprint density at radius 2 is 1.76 bits per heavy atom. The minimum Gasteiger partial charge on any atom is -0.481 e. The van der Waals surface area contributed by atoms with E-state index in [-0.39, 0.29) is 25.0 Å². The molecule has 1 aliphatic rings. The Balaban J connectivity index is 2.22. The largest absolute Gasteiger partial charge is 0.481 e. The molecule has 1 fully saturated rings. The number of Topliss-reactive ketones (excluding diaryl/α,β-unsaturated/α-hetero) is 1. The van der Waals surface area contributed by atoms with Gasteiger partial charge in [0.2, 0.25) is 0 Å². The van der Waals surface area contributed by atoms with Crippen LogP contribution in [0.5, 0.6) is 0 Å². The fourth-order valence-electron chi connectivity index (χ4n) is 3.28. The van der Waals surface area contributed by atoms with Gasteiger partial charge in [0.25, 0.3) is 0 Å². The Morgan fingerprint density at radius 1 is 1.10 bits per heavy atom. The zero-order chi connectivity index (χ0) is 21.6. The molecule has 0 aliphatic carbocycles. The quantitative estimate of drug-likeness (QED) is 0.397. The number of nitrogens with two attached hydrogens (primary N) is 1. The van der Waals surface area contributed by atoms with Crippen LogP contribution in [0.2, 0.25) is 0 Å². The highest BCUT2D eigenvalue weighted by atomic mass is 32.2. The first-order valence-electron chi connectivity index (χ1n) is 9.12. The van der Waals surface area contributed by atoms with Crippen molar-refractivity contribution >= 4 is 35.5 Å². The number of nitrogens with zero attached hydrogens (tertiary/aromatic N) is 1. The highest BCUT2D eigenvalue weighted by molar-refractivity contribution is 8.00. The molecule has 1 heterocycles. The van der Waals surface area contributed by atoms with Crippen molar-refractivity contribution in [3.63, 3.8) is 0 Å². The number of carboxylic acid groups (broad SMARTS) is 3. The first-order chi connectivity index (χ1) is 13.7. The van der Waals surface area contributed by atoms with Gasteiger partial charge in [0.05, 0.1) is 6.04 Å². The second-order valence-corrected chi connectivity index (χ2v) is 7.92. The van der Waals surface area contributed by atoms with Gasteiger partial charge >= 0.3 is 17.9 Å². The van der Waals surface area contributed by atoms with Crippen LogP contribution in [-0.2, 0) is 25.6 Å². The van der Waals surface area contributed by atoms with E-state index in [1.54, 1.807) is 0 Å². The third kappa shape index (κ3) is 6.02. The summed E-state index contributed by atoms with van der Waals surface area (Å²) in [6, 6.07) is 5.73. The minimum atomic E-state index is -1.22. The number of aliphatic carboxylic acids is 3. The van der Waals surface area contributed by atoms with Crippen LogP contribution >= 0.6 is 11.8 Å². The normalized spacial score (nSPS) is 21.4. The summed E-state index contributed by atoms with van der Waals surface area (Å²) in [7, 11) is 0. The van der Waals surface area contributed by atoms with Crippen LogP contribution in [0.25, 0.3) is 0 Å². The lowest BCUT2D eigenvalue weighted by Crippen LogP contribution is -2.55. The SMILES string of the molecule is N[C@@H](CCC(=O)O)C(=O)C1SCC(C(=O)O)N1C(CCc1ccccc1)C(=O)O. The summed E-state index contributed by atoms with van der Waals surface area (Å²) in [5.74, 6) is -4.03. The number of carboxylic acids is 3. The van der Waals surface area contributed by atoms with Crippen molar-refractivity contribution < 1.29 is 34.5 Å². The number of rotatable bonds is 11. The highest BCUT2D eigenvalue weighted by Gasteiger charge is 2.48. The van der Waals surface area contributed by atoms with Crippen LogP contribution in [-0.4, -0.2) is 73.2 Å². The molecule has 158 valence electrons. The van der Waals surface area contributed by atoms with Crippen molar-refractivity contribution in [3.05, 3.63) is 35.9 Å². The third-order valence-corrected chi connectivity index (χ3v) is 6.10. The zero-order valence-corrected chi connectivity index (χ0v) is 16.5. The van der Waals surface area contributed by atoms with Crippen molar-refractivity contribution in [2.24, 2.45) is 5.73 Å². The minimum absolute atomic E-state index is 0.0481. The van der Waals surface area contributed by atoms with Gasteiger partial charge in [0, 0.05) is 12.2 Å². The molecule has 5 N–H and O–H groups in total. The molecule has 1 aromatic rings. The fraction of sp³-hybridized carbons (Fsp3) is 0.474. The maximum Gasteiger partial charge on any atom is 0.321 e. The number of aryl methyl sites for hydroxylation is 1. The molecule has 29 heavy (non-hydrogen) atoms. The maximum atomic E-state index is 12.8. The maximum absolute atomic E-state index is 12.8. The third-order valence-electron chi connectivity index (χ3n) is 4.80. The lowest BCUT2D eigenvalue weighted by molar-refractivity contribution is -0.150. The molecule has 3 unspecified atom stereocenters. The van der Waals surface area contributed by atoms with Gasteiger partial charge in [-0.2, -0.15) is 0 Å². The number of thioether (sulfide) groups is 1. The summed E-state index contributed by atoms with van der Waals surface area (Å²) < 4.78 is 0. The van der Waals surface area contributed by atoms with Crippen LogP contribution in [0.15, 0.2) is 30.3 Å². The number of carbonyl (C=O) groups excluding carboxylic acids is 1. The van der Waals surface area contributed by atoms with Gasteiger partial charge in [0.15, 0.2) is 5.78 Å². The summed E-state index contributed by atoms with van der Waals surface area (Å²) in [6.07, 6.45) is 0.122. The number of hydrogen-bond donors (Lipinski definition) is 4. The Morgan fingerprint density at radius 3 is 2.31 bits per heavy atom. The monoisotopic (exact) mass is 424 g/mol. The molecule has 10 heteroatoms. The van der Waals surface area contributed by atoms with E-state index in [4.69, 9.17) is 10.8 Å². The molecule has 4 atom stereocenters. The lowest BCUT2D eigenvalue weighted by Gasteiger charge is -2.32. The smallest absolute Gasteiger partial charge is 0.321 e. The highest BCUT2D eigenvalue weighted by Crippen LogP contribution is 2.34. The lowest BCUT2D eigenvalue weighted by atomic mass is 10.0. The molecule has 1 saturated heterocycles. The molecule has 1 aromatic carbocycles. The molecular weight excluding hydrogens is 400 g/mol. The van der Waals surface area contributed by atoms with Crippen LogP contribution in [0.1, 0.15) is 24.8 Å². The molecule has 0 bridgehead atoms. The first kappa shape index (κ1) is 22.9. The number of carbonyl (C=O) groups is 4. The Labute approximate surface area is 171 Å². The van der Waals surface area contributed by atoms with E-state index in [9.17, 15) is 29.4 Å². The number of hydrogen-bond acceptors (Lipinski definition) is 7. The van der Waals surface area contributed by atoms with E-state index in [1.807, 2.05) is 30.3 Å². The predicted octanol–water partition coefficient (Wildman–Crippen LogP) is 0.662. The Kier molecular flexibility index (Phi) is 8.18. The average molecular weight is 424 g/mol. The van der Waals surface area contributed by atoms with Crippen molar-refractivity contribution in [1.29, 1.82) is 0 Å². The topological polar surface area (TPSA) is 158 Å². The first-order valence-corrected chi connectivity index (χ1v) is 10.2. The summed E-state index contributed by atoms with van der Waals surface area (Å²) in [6.45, 7) is 0. The van der Waals surface area contributed by atoms with Gasteiger partial charge in [-0.1, -0.05) is 30.3 Å². The molecule has 0 amide bonds. The van der Waals surface area contributed by atoms with Gasteiger partial charge in [-0.05, 0) is 24.8 Å². The van der Waals surface area contributed by atoms with Gasteiger partial charge in [0.1, 0.15) is 17.5 Å². The van der Waals surface area contributed by atoms with E-state index in [0.29, 0.717) is 6.42 Å². The molecule has 9 nitrogen and oxygen atoms in total. The summed E-state index contributed by atoms with van der Waals surface area (Å²) in [5.41, 5.74) is 6.72. The average Bonchev–Trinajstić information content (AvgIpc) is 3.11. The summed E-state index contributed by atoms with van der Waals surface area (Å²) in [4.78, 5) is 48.4. The Bertz CT molecular complexity index is 758. The summed E-state index contributed by atoms with van der Waals surface area (Å²) >= 11 is 1.03. The summed E-state index contributed by atoms with van der Waals surface area (Å²) in [5, 5.41) is 27.0. The van der Waals surface area contributed by atoms with Crippen molar-refractivity contribution in [1.82, 2.24) is 4.90 Å². The molecule has 0 radical (unpaired) electrons. The van der Waals surface area contributed by atoms with E-state index in [2.05, 4.69) is 0 Å². The predicted molar refractivity (Wildman–Crippen MR) is 106 cm³/mol. The van der Waals surface area contributed by atoms with Crippen LogP contribution in [0, 0.1) is 0 Å². The molecule has 0 aromatic heterocycles. The molecule has 0 spiro atoms.